The van der Waals surface area contributed by atoms with E-state index >= 15 is 0 Å². The van der Waals surface area contributed by atoms with Crippen LogP contribution in [0.5, 0.6) is 0 Å². The number of amides is 1. The molecule has 6 heteroatoms. The van der Waals surface area contributed by atoms with Gasteiger partial charge in [-0.3, -0.25) is 14.0 Å². The minimum atomic E-state index is -0.147. The number of carbonyl (C=O) groups is 1. The Morgan fingerprint density at radius 2 is 2.00 bits per heavy atom. The van der Waals surface area contributed by atoms with Gasteiger partial charge >= 0.3 is 0 Å². The first-order chi connectivity index (χ1) is 11.6. The van der Waals surface area contributed by atoms with Crippen LogP contribution < -0.4 is 5.56 Å². The van der Waals surface area contributed by atoms with E-state index in [4.69, 9.17) is 0 Å². The van der Waals surface area contributed by atoms with Crippen LogP contribution in [0.15, 0.2) is 29.2 Å². The summed E-state index contributed by atoms with van der Waals surface area (Å²) in [6.07, 6.45) is 6.25. The monoisotopic (exact) mass is 324 g/mol. The number of benzene rings is 1. The van der Waals surface area contributed by atoms with Gasteiger partial charge in [-0.2, -0.15) is 0 Å². The molecule has 1 aliphatic carbocycles. The van der Waals surface area contributed by atoms with Gasteiger partial charge in [-0.25, -0.2) is 4.98 Å². The molecule has 2 aromatic heterocycles. The van der Waals surface area contributed by atoms with Crippen molar-refractivity contribution in [2.24, 2.45) is 0 Å². The van der Waals surface area contributed by atoms with Crippen LogP contribution in [-0.2, 0) is 0 Å². The first kappa shape index (κ1) is 14.9. The van der Waals surface area contributed by atoms with E-state index in [2.05, 4.69) is 9.97 Å². The van der Waals surface area contributed by atoms with Crippen LogP contribution in [0.1, 0.15) is 47.8 Å². The Balaban J connectivity index is 2.02. The zero-order valence-electron chi connectivity index (χ0n) is 13.9. The third kappa shape index (κ3) is 2.21. The van der Waals surface area contributed by atoms with E-state index in [9.17, 15) is 9.59 Å². The number of rotatable bonds is 2. The zero-order chi connectivity index (χ0) is 16.8. The number of aromatic nitrogens is 3. The van der Waals surface area contributed by atoms with E-state index in [1.807, 2.05) is 10.5 Å². The molecular formula is C18H20N4O2. The Bertz CT molecular complexity index is 993. The maximum absolute atomic E-state index is 12.4. The fourth-order valence-corrected chi connectivity index (χ4v) is 3.65. The van der Waals surface area contributed by atoms with Crippen molar-refractivity contribution >= 4 is 22.5 Å². The van der Waals surface area contributed by atoms with Crippen molar-refractivity contribution in [3.8, 4) is 0 Å². The van der Waals surface area contributed by atoms with E-state index in [1.54, 1.807) is 37.3 Å². The van der Waals surface area contributed by atoms with Crippen LogP contribution >= 0.6 is 0 Å². The Labute approximate surface area is 139 Å². The second kappa shape index (κ2) is 5.47. The van der Waals surface area contributed by atoms with Gasteiger partial charge in [0.05, 0.1) is 17.2 Å². The summed E-state index contributed by atoms with van der Waals surface area (Å²) in [6, 6.07) is 5.39. The summed E-state index contributed by atoms with van der Waals surface area (Å²) in [6.45, 7) is 0. The van der Waals surface area contributed by atoms with Gasteiger partial charge in [0.2, 0.25) is 0 Å². The van der Waals surface area contributed by atoms with Gasteiger partial charge in [0, 0.05) is 25.6 Å². The molecule has 1 N–H and O–H groups in total. The van der Waals surface area contributed by atoms with Crippen LogP contribution in [0.2, 0.25) is 0 Å². The number of imidazole rings is 1. The number of fused-ring (bicyclic) bond motifs is 3. The Morgan fingerprint density at radius 3 is 2.71 bits per heavy atom. The second-order valence-electron chi connectivity index (χ2n) is 6.70. The molecule has 2 heterocycles. The molecule has 1 amide bonds. The van der Waals surface area contributed by atoms with Gasteiger partial charge in [-0.15, -0.1) is 0 Å². The third-order valence-electron chi connectivity index (χ3n) is 4.88. The van der Waals surface area contributed by atoms with Crippen molar-refractivity contribution in [1.82, 2.24) is 19.3 Å². The first-order valence-electron chi connectivity index (χ1n) is 8.31. The normalized spacial score (nSPS) is 15.4. The summed E-state index contributed by atoms with van der Waals surface area (Å²) in [7, 11) is 3.46. The van der Waals surface area contributed by atoms with Gasteiger partial charge in [-0.1, -0.05) is 12.8 Å². The lowest BCUT2D eigenvalue weighted by Gasteiger charge is -2.13. The van der Waals surface area contributed by atoms with Crippen LogP contribution in [0.4, 0.5) is 0 Å². The highest BCUT2D eigenvalue weighted by atomic mass is 16.2. The largest absolute Gasteiger partial charge is 0.345 e. The van der Waals surface area contributed by atoms with Crippen LogP contribution in [-0.4, -0.2) is 39.3 Å². The van der Waals surface area contributed by atoms with Crippen LogP contribution in [0, 0.1) is 0 Å². The topological polar surface area (TPSA) is 70.5 Å². The summed E-state index contributed by atoms with van der Waals surface area (Å²) in [5.41, 5.74) is 2.55. The fourth-order valence-electron chi connectivity index (χ4n) is 3.65. The Kier molecular flexibility index (Phi) is 3.40. The maximum Gasteiger partial charge on any atom is 0.274 e. The van der Waals surface area contributed by atoms with Crippen molar-refractivity contribution in [2.45, 2.75) is 31.6 Å². The molecule has 0 atom stereocenters. The summed E-state index contributed by atoms with van der Waals surface area (Å²) >= 11 is 0. The fraction of sp³-hybridized carbons (Fsp3) is 0.389. The zero-order valence-corrected chi connectivity index (χ0v) is 13.9. The lowest BCUT2D eigenvalue weighted by Crippen LogP contribution is -2.22. The standard InChI is InChI=1S/C18H20N4O2/c1-21(2)18(24)12-7-8-13-14(9-12)22-15(17(23)20-13)10-19-16(22)11-5-3-4-6-11/h7-11H,3-6H2,1-2H3,(H,20,23). The predicted octanol–water partition coefficient (Wildman–Crippen LogP) is 2.54. The molecule has 0 unspecified atom stereocenters. The molecule has 1 fully saturated rings. The molecule has 0 bridgehead atoms. The average molecular weight is 324 g/mol. The minimum absolute atomic E-state index is 0.0567. The molecule has 4 rings (SSSR count). The Hall–Kier alpha value is -2.63. The van der Waals surface area contributed by atoms with Gasteiger partial charge in [0.15, 0.2) is 0 Å². The number of hydrogen-bond donors (Lipinski definition) is 1. The summed E-state index contributed by atoms with van der Waals surface area (Å²) in [5.74, 6) is 1.26. The molecule has 24 heavy (non-hydrogen) atoms. The molecular weight excluding hydrogens is 304 g/mol. The van der Waals surface area contributed by atoms with Gasteiger partial charge in [0.1, 0.15) is 11.3 Å². The number of nitrogens with zero attached hydrogens (tertiary/aromatic N) is 3. The van der Waals surface area contributed by atoms with Crippen molar-refractivity contribution in [1.29, 1.82) is 0 Å². The lowest BCUT2D eigenvalue weighted by atomic mass is 10.1. The van der Waals surface area contributed by atoms with Crippen molar-refractivity contribution in [3.05, 3.63) is 46.1 Å². The van der Waals surface area contributed by atoms with Gasteiger partial charge in [-0.05, 0) is 31.0 Å². The molecule has 0 saturated heterocycles. The van der Waals surface area contributed by atoms with Crippen LogP contribution in [0.25, 0.3) is 16.6 Å². The molecule has 6 nitrogen and oxygen atoms in total. The molecule has 3 aromatic rings. The van der Waals surface area contributed by atoms with Crippen molar-refractivity contribution in [3.63, 3.8) is 0 Å². The third-order valence-corrected chi connectivity index (χ3v) is 4.88. The van der Waals surface area contributed by atoms with E-state index in [-0.39, 0.29) is 11.5 Å². The van der Waals surface area contributed by atoms with E-state index in [0.29, 0.717) is 17.0 Å². The lowest BCUT2D eigenvalue weighted by molar-refractivity contribution is 0.0827. The number of aromatic amines is 1. The quantitative estimate of drug-likeness (QED) is 0.787. The van der Waals surface area contributed by atoms with Crippen molar-refractivity contribution in [2.75, 3.05) is 14.1 Å². The molecule has 1 aromatic carbocycles. The van der Waals surface area contributed by atoms with E-state index < -0.39 is 0 Å². The minimum Gasteiger partial charge on any atom is -0.345 e. The Morgan fingerprint density at radius 1 is 1.25 bits per heavy atom. The van der Waals surface area contributed by atoms with Crippen molar-refractivity contribution < 1.29 is 4.79 Å². The van der Waals surface area contributed by atoms with Gasteiger partial charge < -0.3 is 9.88 Å². The summed E-state index contributed by atoms with van der Waals surface area (Å²) in [4.78, 5) is 33.6. The number of H-pyrrole nitrogens is 1. The molecule has 124 valence electrons. The summed E-state index contributed by atoms with van der Waals surface area (Å²) < 4.78 is 1.94. The predicted molar refractivity (Wildman–Crippen MR) is 92.5 cm³/mol. The average Bonchev–Trinajstić information content (AvgIpc) is 3.23. The number of nitrogens with one attached hydrogen (secondary N) is 1. The second-order valence-corrected chi connectivity index (χ2v) is 6.70. The van der Waals surface area contributed by atoms with E-state index in [0.717, 1.165) is 29.7 Å². The number of hydrogen-bond acceptors (Lipinski definition) is 3. The highest BCUT2D eigenvalue weighted by Gasteiger charge is 2.23. The SMILES string of the molecule is CN(C)C(=O)c1ccc2[nH]c(=O)c3cnc(C4CCCC4)n3c2c1. The molecule has 1 aliphatic rings. The van der Waals surface area contributed by atoms with Crippen LogP contribution in [0.3, 0.4) is 0 Å². The molecule has 0 spiro atoms. The maximum atomic E-state index is 12.4. The van der Waals surface area contributed by atoms with E-state index in [1.165, 1.54) is 12.8 Å². The highest BCUT2D eigenvalue weighted by Crippen LogP contribution is 2.34. The smallest absolute Gasteiger partial charge is 0.274 e. The first-order valence-corrected chi connectivity index (χ1v) is 8.31. The molecule has 0 aliphatic heterocycles. The molecule has 0 radical (unpaired) electrons. The summed E-state index contributed by atoms with van der Waals surface area (Å²) in [5, 5.41) is 0. The molecule has 1 saturated carbocycles. The highest BCUT2D eigenvalue weighted by molar-refractivity contribution is 5.97. The number of carbonyl (C=O) groups excluding carboxylic acids is 1. The van der Waals surface area contributed by atoms with Gasteiger partial charge in [0.25, 0.3) is 11.5 Å².